The van der Waals surface area contributed by atoms with Crippen LogP contribution in [0.25, 0.3) is 66.4 Å². The van der Waals surface area contributed by atoms with Crippen molar-refractivity contribution in [3.63, 3.8) is 0 Å². The zero-order valence-corrected chi connectivity index (χ0v) is 36.0. The van der Waals surface area contributed by atoms with E-state index in [1.807, 2.05) is 24.4 Å². The molecular weight excluding hydrogens is 877 g/mol. The average molecular weight is 921 g/mol. The van der Waals surface area contributed by atoms with Gasteiger partial charge in [-0.3, -0.25) is 0 Å². The molecule has 3 nitrogen and oxygen atoms in total. The topological polar surface area (TPSA) is 38.9 Å². The molecule has 56 heavy (non-hydrogen) atoms. The third-order valence-electron chi connectivity index (χ3n) is 10.6. The van der Waals surface area contributed by atoms with E-state index in [0.717, 1.165) is 49.8 Å². The fraction of sp³-hybridized carbons (Fsp3) is 0.137. The van der Waals surface area contributed by atoms with Crippen LogP contribution in [0.15, 0.2) is 162 Å². The molecule has 0 aliphatic heterocycles. The van der Waals surface area contributed by atoms with Gasteiger partial charge in [0.2, 0.25) is 0 Å². The zero-order valence-electron chi connectivity index (χ0n) is 32.6. The number of nitrogens with zero attached hydrogens (tertiary/aromatic N) is 2. The van der Waals surface area contributed by atoms with Crippen molar-refractivity contribution in [1.29, 1.82) is 0 Å². The summed E-state index contributed by atoms with van der Waals surface area (Å²) in [5.74, 6) is 0. The maximum Gasteiger partial charge on any atom is 0.120 e. The second kappa shape index (κ2) is 16.0. The van der Waals surface area contributed by atoms with Crippen molar-refractivity contribution in [3.05, 3.63) is 187 Å². The van der Waals surface area contributed by atoms with E-state index in [1.54, 1.807) is 0 Å². The Morgan fingerprint density at radius 1 is 0.571 bits per heavy atom. The Bertz CT molecular complexity index is 2770. The molecule has 0 fully saturated rings. The standard InChI is InChI=1S/C30H22NO.C21H22NSi.Ir/c1-30(2,23-10-4-3-5-11-23)24-13-15-29-26(18-24)25-16-21(12-14-28(25)32-29)27-17-20-8-6-7-9-22(20)19-31-27;1-16-10-12-18(13-11-16)20-14-19(17-8-6-5-7-9-17)21(15-22-20)23(2,3)4;/h3-11,13-19H,1-2H3;5-12,14-15H,1-4H3;/q2*-1;. The summed E-state index contributed by atoms with van der Waals surface area (Å²) in [7, 11) is -1.47. The van der Waals surface area contributed by atoms with E-state index in [1.165, 1.54) is 38.4 Å². The van der Waals surface area contributed by atoms with Gasteiger partial charge < -0.3 is 14.4 Å². The number of hydrogen-bond acceptors (Lipinski definition) is 3. The third-order valence-corrected chi connectivity index (χ3v) is 12.6. The van der Waals surface area contributed by atoms with E-state index in [2.05, 4.69) is 191 Å². The first-order chi connectivity index (χ1) is 26.5. The van der Waals surface area contributed by atoms with Crippen LogP contribution in [-0.2, 0) is 25.5 Å². The maximum atomic E-state index is 6.14. The number of hydrogen-bond donors (Lipinski definition) is 0. The number of aryl methyl sites for hydroxylation is 1. The largest absolute Gasteiger partial charge is 0.500 e. The quantitative estimate of drug-likeness (QED) is 0.123. The molecule has 0 saturated carbocycles. The molecule has 0 aliphatic carbocycles. The Hall–Kier alpha value is -5.45. The van der Waals surface area contributed by atoms with E-state index < -0.39 is 8.07 Å². The van der Waals surface area contributed by atoms with Crippen LogP contribution in [-0.4, -0.2) is 18.0 Å². The van der Waals surface area contributed by atoms with Crippen molar-refractivity contribution in [2.45, 2.75) is 45.8 Å². The molecule has 6 aromatic carbocycles. The van der Waals surface area contributed by atoms with Crippen molar-refractivity contribution in [2.75, 3.05) is 0 Å². The minimum atomic E-state index is -1.47. The summed E-state index contributed by atoms with van der Waals surface area (Å²) in [6, 6.07) is 57.5. The van der Waals surface area contributed by atoms with Crippen molar-refractivity contribution >= 4 is 46.0 Å². The maximum absolute atomic E-state index is 6.14. The Morgan fingerprint density at radius 2 is 1.21 bits per heavy atom. The van der Waals surface area contributed by atoms with Gasteiger partial charge in [0.1, 0.15) is 5.58 Å². The minimum absolute atomic E-state index is 0. The molecular formula is C51H44IrN2OSi-2. The Balaban J connectivity index is 0.000000178. The third kappa shape index (κ3) is 7.94. The molecule has 0 N–H and O–H groups in total. The first-order valence-corrected chi connectivity index (χ1v) is 22.4. The minimum Gasteiger partial charge on any atom is -0.500 e. The monoisotopic (exact) mass is 921 g/mol. The SMILES string of the molecule is CC(C)(c1ccccc1)c1ccc2oc3c[c-]c(-c4cc5ccccc5cn4)cc3c2c1.Cc1c[c-]c(-c2cc(-c3ccccc3)c([Si](C)(C)C)cn2)cc1.[Ir]. The number of pyridine rings is 2. The van der Waals surface area contributed by atoms with Gasteiger partial charge in [0.25, 0.3) is 0 Å². The van der Waals surface area contributed by atoms with Gasteiger partial charge in [0, 0.05) is 43.3 Å². The first kappa shape index (κ1) is 38.8. The van der Waals surface area contributed by atoms with E-state index in [4.69, 9.17) is 9.40 Å². The summed E-state index contributed by atoms with van der Waals surface area (Å²) in [5, 5.41) is 5.93. The Labute approximate surface area is 344 Å². The van der Waals surface area contributed by atoms with Crippen molar-refractivity contribution in [2.24, 2.45) is 0 Å². The molecule has 0 aliphatic rings. The molecule has 5 heteroatoms. The van der Waals surface area contributed by atoms with Crippen LogP contribution in [0.1, 0.15) is 30.5 Å². The predicted molar refractivity (Wildman–Crippen MR) is 234 cm³/mol. The van der Waals surface area contributed by atoms with Crippen LogP contribution in [0.5, 0.6) is 0 Å². The van der Waals surface area contributed by atoms with Gasteiger partial charge in [-0.1, -0.05) is 149 Å². The predicted octanol–water partition coefficient (Wildman–Crippen LogP) is 13.0. The molecule has 0 saturated heterocycles. The molecule has 0 spiro atoms. The molecule has 0 amide bonds. The molecule has 9 aromatic rings. The summed E-state index contributed by atoms with van der Waals surface area (Å²) in [6.45, 7) is 13.7. The van der Waals surface area contributed by atoms with Crippen molar-refractivity contribution in [3.8, 4) is 33.6 Å². The van der Waals surface area contributed by atoms with Gasteiger partial charge in [0.15, 0.2) is 0 Å². The molecule has 0 atom stereocenters. The molecule has 0 unspecified atom stereocenters. The zero-order chi connectivity index (χ0) is 38.2. The number of benzene rings is 6. The number of furan rings is 1. The van der Waals surface area contributed by atoms with Crippen molar-refractivity contribution in [1.82, 2.24) is 9.97 Å². The van der Waals surface area contributed by atoms with Gasteiger partial charge >= 0.3 is 0 Å². The Kier molecular flexibility index (Phi) is 11.1. The van der Waals surface area contributed by atoms with Crippen LogP contribution in [0, 0.1) is 19.1 Å². The molecule has 3 heterocycles. The van der Waals surface area contributed by atoms with Crippen molar-refractivity contribution < 1.29 is 24.5 Å². The van der Waals surface area contributed by atoms with Gasteiger partial charge in [-0.2, -0.15) is 0 Å². The second-order valence-electron chi connectivity index (χ2n) is 15.9. The van der Waals surface area contributed by atoms with Gasteiger partial charge in [-0.05, 0) is 61.7 Å². The van der Waals surface area contributed by atoms with Gasteiger partial charge in [-0.25, -0.2) is 0 Å². The first-order valence-electron chi connectivity index (χ1n) is 18.9. The Morgan fingerprint density at radius 3 is 1.93 bits per heavy atom. The number of rotatable bonds is 6. The van der Waals surface area contributed by atoms with Gasteiger partial charge in [0.05, 0.1) is 13.7 Å². The van der Waals surface area contributed by atoms with E-state index in [9.17, 15) is 0 Å². The molecule has 0 bridgehead atoms. The van der Waals surface area contributed by atoms with Crippen LogP contribution in [0.3, 0.4) is 0 Å². The summed E-state index contributed by atoms with van der Waals surface area (Å²) >= 11 is 0. The molecule has 9 rings (SSSR count). The normalized spacial score (nSPS) is 11.6. The fourth-order valence-corrected chi connectivity index (χ4v) is 8.71. The van der Waals surface area contributed by atoms with Gasteiger partial charge in [-0.15, -0.1) is 59.2 Å². The van der Waals surface area contributed by atoms with E-state index in [-0.39, 0.29) is 25.5 Å². The van der Waals surface area contributed by atoms with Crippen LogP contribution >= 0.6 is 0 Å². The van der Waals surface area contributed by atoms with Crippen LogP contribution in [0.4, 0.5) is 0 Å². The summed E-state index contributed by atoms with van der Waals surface area (Å²) in [5.41, 5.74) is 11.9. The number of fused-ring (bicyclic) bond motifs is 4. The van der Waals surface area contributed by atoms with Crippen LogP contribution in [0.2, 0.25) is 19.6 Å². The average Bonchev–Trinajstić information content (AvgIpc) is 3.59. The summed E-state index contributed by atoms with van der Waals surface area (Å²) in [6.07, 6.45) is 4.01. The summed E-state index contributed by atoms with van der Waals surface area (Å²) in [4.78, 5) is 9.42. The fourth-order valence-electron chi connectivity index (χ4n) is 7.23. The molecule has 3 aromatic heterocycles. The molecule has 1 radical (unpaired) electrons. The van der Waals surface area contributed by atoms with E-state index in [0.29, 0.717) is 0 Å². The number of aromatic nitrogens is 2. The summed E-state index contributed by atoms with van der Waals surface area (Å²) < 4.78 is 6.14. The van der Waals surface area contributed by atoms with Crippen LogP contribution < -0.4 is 5.19 Å². The van der Waals surface area contributed by atoms with E-state index >= 15 is 0 Å². The smallest absolute Gasteiger partial charge is 0.120 e. The molecule has 279 valence electrons. The second-order valence-corrected chi connectivity index (χ2v) is 20.9.